The van der Waals surface area contributed by atoms with Crippen molar-refractivity contribution < 1.29 is 18.3 Å². The van der Waals surface area contributed by atoms with Crippen LogP contribution in [0.5, 0.6) is 5.75 Å². The highest BCUT2D eigenvalue weighted by atomic mass is 32.2. The maximum absolute atomic E-state index is 12.1. The Morgan fingerprint density at radius 3 is 2.50 bits per heavy atom. The van der Waals surface area contributed by atoms with E-state index < -0.39 is 10.2 Å². The van der Waals surface area contributed by atoms with E-state index in [2.05, 4.69) is 5.32 Å². The standard InChI is InChI=1S/C14H21N3O4S/c1-16(2)22(20,21)17-8-6-12(7-9-17)15-14(19)11-4-3-5-13(18)10-11/h3-5,10,12,18H,6-9H2,1-2H3,(H,15,19). The predicted octanol–water partition coefficient (Wildman–Crippen LogP) is 0.393. The van der Waals surface area contributed by atoms with Gasteiger partial charge in [-0.25, -0.2) is 0 Å². The molecule has 1 aliphatic heterocycles. The summed E-state index contributed by atoms with van der Waals surface area (Å²) in [6.07, 6.45) is 1.13. The van der Waals surface area contributed by atoms with E-state index in [-0.39, 0.29) is 17.7 Å². The van der Waals surface area contributed by atoms with Gasteiger partial charge in [0.15, 0.2) is 0 Å². The number of phenols is 1. The number of piperidine rings is 1. The van der Waals surface area contributed by atoms with Gasteiger partial charge in [-0.05, 0) is 31.0 Å². The van der Waals surface area contributed by atoms with Crippen molar-refractivity contribution in [2.75, 3.05) is 27.2 Å². The summed E-state index contributed by atoms with van der Waals surface area (Å²) >= 11 is 0. The Balaban J connectivity index is 1.92. The van der Waals surface area contributed by atoms with E-state index in [0.717, 1.165) is 0 Å². The van der Waals surface area contributed by atoms with Crippen LogP contribution in [0.25, 0.3) is 0 Å². The molecule has 0 bridgehead atoms. The number of amides is 1. The van der Waals surface area contributed by atoms with E-state index in [4.69, 9.17) is 0 Å². The number of carbonyl (C=O) groups excluding carboxylic acids is 1. The molecule has 1 saturated heterocycles. The lowest BCUT2D eigenvalue weighted by Crippen LogP contribution is -2.49. The number of aromatic hydroxyl groups is 1. The monoisotopic (exact) mass is 327 g/mol. The SMILES string of the molecule is CN(C)S(=O)(=O)N1CCC(NC(=O)c2cccc(O)c2)CC1. The van der Waals surface area contributed by atoms with Gasteiger partial charge in [-0.3, -0.25) is 4.79 Å². The molecule has 0 aliphatic carbocycles. The smallest absolute Gasteiger partial charge is 0.281 e. The molecule has 1 fully saturated rings. The van der Waals surface area contributed by atoms with Gasteiger partial charge in [0.2, 0.25) is 0 Å². The highest BCUT2D eigenvalue weighted by molar-refractivity contribution is 7.86. The molecule has 0 aromatic heterocycles. The van der Waals surface area contributed by atoms with Gasteiger partial charge in [-0.2, -0.15) is 17.0 Å². The van der Waals surface area contributed by atoms with E-state index in [9.17, 15) is 18.3 Å². The summed E-state index contributed by atoms with van der Waals surface area (Å²) in [4.78, 5) is 12.1. The van der Waals surface area contributed by atoms with Crippen LogP contribution in [-0.4, -0.2) is 61.3 Å². The summed E-state index contributed by atoms with van der Waals surface area (Å²) in [7, 11) is -0.379. The molecular weight excluding hydrogens is 306 g/mol. The van der Waals surface area contributed by atoms with Crippen LogP contribution >= 0.6 is 0 Å². The van der Waals surface area contributed by atoms with Gasteiger partial charge in [0, 0.05) is 38.8 Å². The first-order valence-electron chi connectivity index (χ1n) is 7.08. The number of nitrogens with one attached hydrogen (secondary N) is 1. The Morgan fingerprint density at radius 1 is 1.32 bits per heavy atom. The van der Waals surface area contributed by atoms with Gasteiger partial charge in [0.1, 0.15) is 5.75 Å². The third kappa shape index (κ3) is 3.76. The summed E-state index contributed by atoms with van der Waals surface area (Å²) in [6.45, 7) is 0.761. The van der Waals surface area contributed by atoms with Crippen LogP contribution in [-0.2, 0) is 10.2 Å². The molecule has 1 heterocycles. The number of nitrogens with zero attached hydrogens (tertiary/aromatic N) is 2. The van der Waals surface area contributed by atoms with Gasteiger partial charge in [-0.1, -0.05) is 6.07 Å². The molecule has 1 aliphatic rings. The highest BCUT2D eigenvalue weighted by Gasteiger charge is 2.30. The lowest BCUT2D eigenvalue weighted by Gasteiger charge is -2.33. The van der Waals surface area contributed by atoms with Crippen molar-refractivity contribution in [3.05, 3.63) is 29.8 Å². The summed E-state index contributed by atoms with van der Waals surface area (Å²) < 4.78 is 26.6. The first kappa shape index (κ1) is 16.7. The third-order valence-electron chi connectivity index (χ3n) is 3.69. The second-order valence-corrected chi connectivity index (χ2v) is 7.63. The van der Waals surface area contributed by atoms with E-state index in [0.29, 0.717) is 31.5 Å². The molecule has 2 N–H and O–H groups in total. The van der Waals surface area contributed by atoms with Crippen LogP contribution in [0.1, 0.15) is 23.2 Å². The van der Waals surface area contributed by atoms with Gasteiger partial charge >= 0.3 is 0 Å². The zero-order valence-corrected chi connectivity index (χ0v) is 13.5. The van der Waals surface area contributed by atoms with Crippen LogP contribution in [0.4, 0.5) is 0 Å². The fourth-order valence-corrected chi connectivity index (χ4v) is 3.51. The van der Waals surface area contributed by atoms with Gasteiger partial charge < -0.3 is 10.4 Å². The second kappa shape index (κ2) is 6.64. The van der Waals surface area contributed by atoms with Crippen molar-refractivity contribution in [3.8, 4) is 5.75 Å². The first-order chi connectivity index (χ1) is 10.3. The van der Waals surface area contributed by atoms with E-state index in [1.807, 2.05) is 0 Å². The fraction of sp³-hybridized carbons (Fsp3) is 0.500. The molecule has 0 unspecified atom stereocenters. The van der Waals surface area contributed by atoms with E-state index >= 15 is 0 Å². The minimum Gasteiger partial charge on any atom is -0.508 e. The number of benzene rings is 1. The van der Waals surface area contributed by atoms with Crippen molar-refractivity contribution >= 4 is 16.1 Å². The number of hydrogen-bond donors (Lipinski definition) is 2. The molecule has 8 heteroatoms. The molecule has 1 aromatic carbocycles. The highest BCUT2D eigenvalue weighted by Crippen LogP contribution is 2.17. The van der Waals surface area contributed by atoms with Crippen molar-refractivity contribution in [3.63, 3.8) is 0 Å². The summed E-state index contributed by atoms with van der Waals surface area (Å²) in [6, 6.07) is 6.07. The minimum atomic E-state index is -3.39. The molecule has 1 amide bonds. The minimum absolute atomic E-state index is 0.0412. The number of phenolic OH excluding ortho intramolecular Hbond substituents is 1. The lowest BCUT2D eigenvalue weighted by molar-refractivity contribution is 0.0923. The zero-order valence-electron chi connectivity index (χ0n) is 12.7. The van der Waals surface area contributed by atoms with Crippen LogP contribution < -0.4 is 5.32 Å². The summed E-state index contributed by atoms with van der Waals surface area (Å²) in [5.41, 5.74) is 0.392. The number of carbonyl (C=O) groups is 1. The van der Waals surface area contributed by atoms with Crippen molar-refractivity contribution in [2.24, 2.45) is 0 Å². The Hall–Kier alpha value is -1.64. The normalized spacial score (nSPS) is 17.6. The van der Waals surface area contributed by atoms with E-state index in [1.165, 1.54) is 34.8 Å². The van der Waals surface area contributed by atoms with Crippen molar-refractivity contribution in [2.45, 2.75) is 18.9 Å². The number of hydrogen-bond acceptors (Lipinski definition) is 4. The summed E-state index contributed by atoms with van der Waals surface area (Å²) in [5, 5.41) is 12.3. The maximum atomic E-state index is 12.1. The average molecular weight is 327 g/mol. The molecule has 22 heavy (non-hydrogen) atoms. The fourth-order valence-electron chi connectivity index (χ4n) is 2.38. The third-order valence-corrected chi connectivity index (χ3v) is 5.63. The van der Waals surface area contributed by atoms with Gasteiger partial charge in [-0.15, -0.1) is 0 Å². The van der Waals surface area contributed by atoms with Gasteiger partial charge in [0.05, 0.1) is 0 Å². The molecule has 7 nitrogen and oxygen atoms in total. The molecular formula is C14H21N3O4S. The van der Waals surface area contributed by atoms with Crippen LogP contribution in [0.2, 0.25) is 0 Å². The average Bonchev–Trinajstić information content (AvgIpc) is 2.47. The largest absolute Gasteiger partial charge is 0.508 e. The Morgan fingerprint density at radius 2 is 1.95 bits per heavy atom. The van der Waals surface area contributed by atoms with Crippen LogP contribution in [0.3, 0.4) is 0 Å². The molecule has 0 radical (unpaired) electrons. The number of rotatable bonds is 4. The zero-order chi connectivity index (χ0) is 16.3. The molecule has 0 saturated carbocycles. The first-order valence-corrected chi connectivity index (χ1v) is 8.48. The molecule has 0 atom stereocenters. The molecule has 122 valence electrons. The molecule has 2 rings (SSSR count). The topological polar surface area (TPSA) is 90.0 Å². The molecule has 0 spiro atoms. The Labute approximate surface area is 130 Å². The predicted molar refractivity (Wildman–Crippen MR) is 82.8 cm³/mol. The van der Waals surface area contributed by atoms with Crippen molar-refractivity contribution in [1.82, 2.24) is 13.9 Å². The Bertz CT molecular complexity index is 637. The lowest BCUT2D eigenvalue weighted by atomic mass is 10.1. The molecule has 1 aromatic rings. The van der Waals surface area contributed by atoms with Gasteiger partial charge in [0.25, 0.3) is 16.1 Å². The Kier molecular flexibility index (Phi) is 5.05. The quantitative estimate of drug-likeness (QED) is 0.837. The van der Waals surface area contributed by atoms with Crippen molar-refractivity contribution in [1.29, 1.82) is 0 Å². The maximum Gasteiger partial charge on any atom is 0.281 e. The van der Waals surface area contributed by atoms with Crippen LogP contribution in [0.15, 0.2) is 24.3 Å². The summed E-state index contributed by atoms with van der Waals surface area (Å²) in [5.74, 6) is -0.218. The second-order valence-electron chi connectivity index (χ2n) is 5.49. The van der Waals surface area contributed by atoms with E-state index in [1.54, 1.807) is 12.1 Å². The van der Waals surface area contributed by atoms with Crippen LogP contribution in [0, 0.1) is 0 Å².